The standard InChI is InChI=1S/C17H16N2O2/c1-2-5-14(8-9-18)19-17(21)15-10-12-6-3-4-7-13(12)11-16(15)20/h2-11,20H,1,18H2,(H,19,21)/b9-8-,14-5+. The van der Waals surface area contributed by atoms with E-state index in [-0.39, 0.29) is 11.3 Å². The number of carbonyl (C=O) groups excluding carboxylic acids is 1. The zero-order valence-electron chi connectivity index (χ0n) is 11.4. The second kappa shape index (κ2) is 6.43. The molecule has 0 saturated heterocycles. The highest BCUT2D eigenvalue weighted by molar-refractivity contribution is 6.02. The highest BCUT2D eigenvalue weighted by atomic mass is 16.3. The number of nitrogens with one attached hydrogen (secondary N) is 1. The summed E-state index contributed by atoms with van der Waals surface area (Å²) in [6, 6.07) is 10.7. The lowest BCUT2D eigenvalue weighted by Crippen LogP contribution is -2.22. The van der Waals surface area contributed by atoms with Crippen molar-refractivity contribution in [3.05, 3.63) is 78.7 Å². The summed E-state index contributed by atoms with van der Waals surface area (Å²) >= 11 is 0. The number of rotatable bonds is 4. The molecule has 1 amide bonds. The molecule has 0 spiro atoms. The number of amides is 1. The lowest BCUT2D eigenvalue weighted by Gasteiger charge is -2.09. The number of carbonyl (C=O) groups is 1. The first-order valence-corrected chi connectivity index (χ1v) is 6.40. The number of fused-ring (bicyclic) bond motifs is 1. The Morgan fingerprint density at radius 1 is 1.24 bits per heavy atom. The molecule has 4 N–H and O–H groups in total. The third-order valence-corrected chi connectivity index (χ3v) is 2.94. The molecule has 0 aromatic heterocycles. The summed E-state index contributed by atoms with van der Waals surface area (Å²) in [6.07, 6.45) is 6.00. The Hall–Kier alpha value is -3.01. The molecule has 4 nitrogen and oxygen atoms in total. The van der Waals surface area contributed by atoms with Gasteiger partial charge in [0, 0.05) is 5.70 Å². The number of phenols is 1. The molecule has 2 aromatic rings. The van der Waals surface area contributed by atoms with Crippen molar-refractivity contribution < 1.29 is 9.90 Å². The SMILES string of the molecule is C=C/C=C(\C=C/N)NC(=O)c1cc2ccccc2cc1O. The lowest BCUT2D eigenvalue weighted by atomic mass is 10.1. The fourth-order valence-corrected chi connectivity index (χ4v) is 1.98. The molecule has 0 aliphatic heterocycles. The van der Waals surface area contributed by atoms with Gasteiger partial charge in [0.2, 0.25) is 0 Å². The maximum absolute atomic E-state index is 12.2. The van der Waals surface area contributed by atoms with E-state index < -0.39 is 5.91 Å². The number of aromatic hydroxyl groups is 1. The zero-order valence-corrected chi connectivity index (χ0v) is 11.4. The van der Waals surface area contributed by atoms with Crippen molar-refractivity contribution in [3.8, 4) is 5.75 Å². The van der Waals surface area contributed by atoms with Gasteiger partial charge in [-0.3, -0.25) is 4.79 Å². The molecule has 106 valence electrons. The summed E-state index contributed by atoms with van der Waals surface area (Å²) in [5.74, 6) is -0.481. The van der Waals surface area contributed by atoms with Crippen molar-refractivity contribution >= 4 is 16.7 Å². The van der Waals surface area contributed by atoms with Gasteiger partial charge in [-0.25, -0.2) is 0 Å². The van der Waals surface area contributed by atoms with Crippen molar-refractivity contribution in [2.24, 2.45) is 5.73 Å². The van der Waals surface area contributed by atoms with E-state index in [0.717, 1.165) is 10.8 Å². The van der Waals surface area contributed by atoms with Gasteiger partial charge in [0.1, 0.15) is 5.75 Å². The second-order valence-corrected chi connectivity index (χ2v) is 4.39. The fraction of sp³-hybridized carbons (Fsp3) is 0. The Labute approximate surface area is 122 Å². The quantitative estimate of drug-likeness (QED) is 0.754. The lowest BCUT2D eigenvalue weighted by molar-refractivity contribution is 0.0964. The van der Waals surface area contributed by atoms with Crippen LogP contribution in [0.1, 0.15) is 10.4 Å². The van der Waals surface area contributed by atoms with E-state index in [2.05, 4.69) is 11.9 Å². The van der Waals surface area contributed by atoms with Gasteiger partial charge in [-0.15, -0.1) is 0 Å². The van der Waals surface area contributed by atoms with Gasteiger partial charge in [0.05, 0.1) is 5.56 Å². The molecule has 21 heavy (non-hydrogen) atoms. The number of allylic oxidation sites excluding steroid dienone is 3. The predicted octanol–water partition coefficient (Wildman–Crippen LogP) is 2.82. The van der Waals surface area contributed by atoms with Crippen LogP contribution in [0.3, 0.4) is 0 Å². The topological polar surface area (TPSA) is 75.3 Å². The molecule has 4 heteroatoms. The van der Waals surface area contributed by atoms with Crippen LogP contribution >= 0.6 is 0 Å². The van der Waals surface area contributed by atoms with Crippen molar-refractivity contribution in [1.82, 2.24) is 5.32 Å². The molecule has 0 radical (unpaired) electrons. The molecule has 0 bridgehead atoms. The molecule has 0 atom stereocenters. The Morgan fingerprint density at radius 2 is 1.90 bits per heavy atom. The van der Waals surface area contributed by atoms with Crippen LogP contribution in [0.25, 0.3) is 10.8 Å². The third-order valence-electron chi connectivity index (χ3n) is 2.94. The zero-order chi connectivity index (χ0) is 15.2. The van der Waals surface area contributed by atoms with E-state index in [1.165, 1.54) is 18.4 Å². The second-order valence-electron chi connectivity index (χ2n) is 4.39. The van der Waals surface area contributed by atoms with Gasteiger partial charge in [-0.2, -0.15) is 0 Å². The Balaban J connectivity index is 2.36. The summed E-state index contributed by atoms with van der Waals surface area (Å²) in [5, 5.41) is 14.4. The average Bonchev–Trinajstić information content (AvgIpc) is 2.47. The van der Waals surface area contributed by atoms with Gasteiger partial charge in [0.25, 0.3) is 5.91 Å². The van der Waals surface area contributed by atoms with Crippen LogP contribution in [-0.2, 0) is 0 Å². The first-order valence-electron chi connectivity index (χ1n) is 6.40. The van der Waals surface area contributed by atoms with Crippen LogP contribution in [-0.4, -0.2) is 11.0 Å². The van der Waals surface area contributed by atoms with Crippen molar-refractivity contribution in [2.75, 3.05) is 0 Å². The van der Waals surface area contributed by atoms with Crippen LogP contribution < -0.4 is 11.1 Å². The van der Waals surface area contributed by atoms with Crippen molar-refractivity contribution in [1.29, 1.82) is 0 Å². The Bertz CT molecular complexity index is 746. The summed E-state index contributed by atoms with van der Waals surface area (Å²) < 4.78 is 0. The van der Waals surface area contributed by atoms with Gasteiger partial charge in [-0.1, -0.05) is 36.9 Å². The van der Waals surface area contributed by atoms with Gasteiger partial charge in [0.15, 0.2) is 0 Å². The molecule has 0 saturated carbocycles. The maximum Gasteiger partial charge on any atom is 0.259 e. The number of hydrogen-bond acceptors (Lipinski definition) is 3. The molecule has 2 rings (SSSR count). The predicted molar refractivity (Wildman–Crippen MR) is 84.7 cm³/mol. The highest BCUT2D eigenvalue weighted by Gasteiger charge is 2.12. The van der Waals surface area contributed by atoms with Crippen LogP contribution in [0.5, 0.6) is 5.75 Å². The summed E-state index contributed by atoms with van der Waals surface area (Å²) in [5.41, 5.74) is 6.02. The van der Waals surface area contributed by atoms with Crippen LogP contribution in [0.4, 0.5) is 0 Å². The molecule has 0 heterocycles. The van der Waals surface area contributed by atoms with E-state index in [0.29, 0.717) is 5.70 Å². The number of hydrogen-bond donors (Lipinski definition) is 3. The molecule has 0 aliphatic rings. The maximum atomic E-state index is 12.2. The molecular formula is C17H16N2O2. The van der Waals surface area contributed by atoms with E-state index in [1.54, 1.807) is 18.2 Å². The largest absolute Gasteiger partial charge is 0.507 e. The first kappa shape index (κ1) is 14.4. The minimum atomic E-state index is -0.413. The van der Waals surface area contributed by atoms with Gasteiger partial charge >= 0.3 is 0 Å². The average molecular weight is 280 g/mol. The number of phenolic OH excluding ortho intramolecular Hbond substituents is 1. The van der Waals surface area contributed by atoms with Gasteiger partial charge in [-0.05, 0) is 41.3 Å². The van der Waals surface area contributed by atoms with E-state index in [4.69, 9.17) is 5.73 Å². The van der Waals surface area contributed by atoms with Crippen molar-refractivity contribution in [2.45, 2.75) is 0 Å². The van der Waals surface area contributed by atoms with Gasteiger partial charge < -0.3 is 16.2 Å². The van der Waals surface area contributed by atoms with E-state index >= 15 is 0 Å². The summed E-state index contributed by atoms with van der Waals surface area (Å²) in [6.45, 7) is 3.57. The molecule has 2 aromatic carbocycles. The minimum absolute atomic E-state index is 0.0686. The third kappa shape index (κ3) is 3.30. The summed E-state index contributed by atoms with van der Waals surface area (Å²) in [4.78, 5) is 12.2. The van der Waals surface area contributed by atoms with Crippen LogP contribution in [0, 0.1) is 0 Å². The molecule has 0 unspecified atom stereocenters. The fourth-order valence-electron chi connectivity index (χ4n) is 1.98. The van der Waals surface area contributed by atoms with Crippen LogP contribution in [0.15, 0.2) is 73.1 Å². The smallest absolute Gasteiger partial charge is 0.259 e. The number of nitrogens with two attached hydrogens (primary N) is 1. The number of benzene rings is 2. The monoisotopic (exact) mass is 280 g/mol. The molecule has 0 fully saturated rings. The molecular weight excluding hydrogens is 264 g/mol. The van der Waals surface area contributed by atoms with E-state index in [1.807, 2.05) is 24.3 Å². The van der Waals surface area contributed by atoms with Crippen molar-refractivity contribution in [3.63, 3.8) is 0 Å². The van der Waals surface area contributed by atoms with E-state index in [9.17, 15) is 9.90 Å². The van der Waals surface area contributed by atoms with Crippen LogP contribution in [0.2, 0.25) is 0 Å². The normalized spacial score (nSPS) is 11.7. The summed E-state index contributed by atoms with van der Waals surface area (Å²) in [7, 11) is 0. The first-order chi connectivity index (χ1) is 10.2. The molecule has 0 aliphatic carbocycles. The Kier molecular flexibility index (Phi) is 4.41. The minimum Gasteiger partial charge on any atom is -0.507 e. The Morgan fingerprint density at radius 3 is 2.52 bits per heavy atom. The highest BCUT2D eigenvalue weighted by Crippen LogP contribution is 2.25.